The first-order valence-corrected chi connectivity index (χ1v) is 13.6. The molecule has 3 aromatic rings. The minimum absolute atomic E-state index is 0.0170. The summed E-state index contributed by atoms with van der Waals surface area (Å²) in [6.07, 6.45) is 1.09. The van der Waals surface area contributed by atoms with Crippen molar-refractivity contribution >= 4 is 40.6 Å². The van der Waals surface area contributed by atoms with Gasteiger partial charge in [-0.15, -0.1) is 0 Å². The minimum atomic E-state index is -0.539. The topological polar surface area (TPSA) is 87.7 Å². The third kappa shape index (κ3) is 5.75. The molecule has 1 heterocycles. The van der Waals surface area contributed by atoms with Crippen molar-refractivity contribution < 1.29 is 19.1 Å². The zero-order valence-corrected chi connectivity index (χ0v) is 23.5. The van der Waals surface area contributed by atoms with E-state index < -0.39 is 12.0 Å². The maximum absolute atomic E-state index is 13.8. The Morgan fingerprint density at radius 1 is 1.02 bits per heavy atom. The van der Waals surface area contributed by atoms with E-state index in [4.69, 9.17) is 16.3 Å². The van der Waals surface area contributed by atoms with Gasteiger partial charge in [-0.1, -0.05) is 61.8 Å². The summed E-state index contributed by atoms with van der Waals surface area (Å²) in [4.78, 5) is 41.3. The number of halogens is 1. The normalized spacial score (nSPS) is 17.8. The SMILES string of the molecule is COC(=O)c1ccc(C2C3=C(CC(C)(C)CC3=O)Nc3ccccc3N2CC(=O)NCc2ccc(Cl)cc2)cc1. The molecule has 0 aromatic heterocycles. The molecule has 2 N–H and O–H groups in total. The number of para-hydroxylation sites is 2. The number of nitrogens with one attached hydrogen (secondary N) is 2. The number of ketones is 1. The van der Waals surface area contributed by atoms with Gasteiger partial charge in [0, 0.05) is 29.3 Å². The van der Waals surface area contributed by atoms with E-state index in [0.717, 1.165) is 28.2 Å². The van der Waals surface area contributed by atoms with Crippen LogP contribution in [0.3, 0.4) is 0 Å². The van der Waals surface area contributed by atoms with Crippen LogP contribution in [-0.2, 0) is 20.9 Å². The van der Waals surface area contributed by atoms with Crippen LogP contribution in [0.4, 0.5) is 11.4 Å². The number of esters is 1. The lowest BCUT2D eigenvalue weighted by atomic mass is 9.73. The average molecular weight is 558 g/mol. The zero-order valence-electron chi connectivity index (χ0n) is 22.8. The number of anilines is 2. The largest absolute Gasteiger partial charge is 0.465 e. The van der Waals surface area contributed by atoms with Gasteiger partial charge in [0.1, 0.15) is 0 Å². The standard InChI is InChI=1S/C32H32ClN3O4/c1-32(2)16-25-29(27(37)17-32)30(21-10-12-22(13-11-21)31(39)40-3)36(26-7-5-4-6-24(26)35-25)19-28(38)34-18-20-8-14-23(33)15-9-20/h4-15,30,35H,16-19H2,1-3H3,(H,34,38). The Kier molecular flexibility index (Phi) is 7.68. The molecule has 8 heteroatoms. The Labute approximate surface area is 239 Å². The summed E-state index contributed by atoms with van der Waals surface area (Å²) < 4.78 is 4.87. The van der Waals surface area contributed by atoms with Crippen LogP contribution in [0.25, 0.3) is 0 Å². The average Bonchev–Trinajstić information content (AvgIpc) is 3.06. The zero-order chi connectivity index (χ0) is 28.4. The highest BCUT2D eigenvalue weighted by molar-refractivity contribution is 6.30. The molecule has 0 saturated heterocycles. The Morgan fingerprint density at radius 3 is 2.42 bits per heavy atom. The number of benzene rings is 3. The maximum Gasteiger partial charge on any atom is 0.337 e. The van der Waals surface area contributed by atoms with Crippen LogP contribution >= 0.6 is 11.6 Å². The Morgan fingerprint density at radius 2 is 1.73 bits per heavy atom. The van der Waals surface area contributed by atoms with Crippen molar-refractivity contribution in [2.24, 2.45) is 5.41 Å². The van der Waals surface area contributed by atoms with Crippen molar-refractivity contribution in [1.82, 2.24) is 5.32 Å². The quantitative estimate of drug-likeness (QED) is 0.358. The molecular formula is C32H32ClN3O4. The van der Waals surface area contributed by atoms with E-state index in [1.165, 1.54) is 7.11 Å². The monoisotopic (exact) mass is 557 g/mol. The number of rotatable bonds is 6. The van der Waals surface area contributed by atoms with E-state index in [9.17, 15) is 14.4 Å². The van der Waals surface area contributed by atoms with Crippen molar-refractivity contribution in [2.45, 2.75) is 39.3 Å². The van der Waals surface area contributed by atoms with Gasteiger partial charge in [0.2, 0.25) is 5.91 Å². The highest BCUT2D eigenvalue weighted by Crippen LogP contribution is 2.48. The second-order valence-electron chi connectivity index (χ2n) is 11.0. The van der Waals surface area contributed by atoms with Crippen molar-refractivity contribution in [3.8, 4) is 0 Å². The van der Waals surface area contributed by atoms with Crippen molar-refractivity contribution in [3.05, 3.63) is 106 Å². The predicted molar refractivity (Wildman–Crippen MR) is 156 cm³/mol. The van der Waals surface area contributed by atoms with Crippen LogP contribution in [0, 0.1) is 5.41 Å². The molecule has 0 saturated carbocycles. The number of methoxy groups -OCH3 is 1. The summed E-state index contributed by atoms with van der Waals surface area (Å²) in [7, 11) is 1.34. The molecule has 1 unspecified atom stereocenters. The lowest BCUT2D eigenvalue weighted by Crippen LogP contribution is -2.41. The number of amides is 1. The Hall–Kier alpha value is -4.10. The smallest absolute Gasteiger partial charge is 0.337 e. The predicted octanol–water partition coefficient (Wildman–Crippen LogP) is 6.06. The first-order valence-electron chi connectivity index (χ1n) is 13.2. The molecule has 1 atom stereocenters. The minimum Gasteiger partial charge on any atom is -0.465 e. The van der Waals surface area contributed by atoms with Crippen molar-refractivity contribution in [2.75, 3.05) is 23.9 Å². The second kappa shape index (κ2) is 11.2. The summed E-state index contributed by atoms with van der Waals surface area (Å²) in [5, 5.41) is 7.20. The van der Waals surface area contributed by atoms with Crippen molar-refractivity contribution in [3.63, 3.8) is 0 Å². The summed E-state index contributed by atoms with van der Waals surface area (Å²) in [6.45, 7) is 4.55. The molecule has 0 bridgehead atoms. The van der Waals surface area contributed by atoms with Gasteiger partial charge in [-0.2, -0.15) is 0 Å². The molecule has 5 rings (SSSR count). The highest BCUT2D eigenvalue weighted by atomic mass is 35.5. The summed E-state index contributed by atoms with van der Waals surface area (Å²) >= 11 is 6.00. The van der Waals surface area contributed by atoms with Crippen LogP contribution < -0.4 is 15.5 Å². The Balaban J connectivity index is 1.57. The van der Waals surface area contributed by atoms with Crippen LogP contribution in [0.15, 0.2) is 84.1 Å². The Bertz CT molecular complexity index is 1480. The molecule has 0 fully saturated rings. The van der Waals surface area contributed by atoms with Gasteiger partial charge in [0.15, 0.2) is 5.78 Å². The van der Waals surface area contributed by atoms with Gasteiger partial charge in [-0.05, 0) is 59.4 Å². The molecule has 7 nitrogen and oxygen atoms in total. The fraction of sp³-hybridized carbons (Fsp3) is 0.281. The number of Topliss-reactive ketones (excluding diaryl/α,β-unsaturated/α-hetero) is 1. The van der Waals surface area contributed by atoms with Crippen LogP contribution in [0.5, 0.6) is 0 Å². The van der Waals surface area contributed by atoms with Gasteiger partial charge in [0.25, 0.3) is 0 Å². The molecule has 1 amide bonds. The number of carbonyl (C=O) groups excluding carboxylic acids is 3. The number of carbonyl (C=O) groups is 3. The molecule has 1 aliphatic carbocycles. The van der Waals surface area contributed by atoms with Crippen molar-refractivity contribution in [1.29, 1.82) is 0 Å². The number of allylic oxidation sites excluding steroid dienone is 1. The lowest BCUT2D eigenvalue weighted by molar-refractivity contribution is -0.120. The fourth-order valence-electron chi connectivity index (χ4n) is 5.51. The molecule has 0 radical (unpaired) electrons. The maximum atomic E-state index is 13.8. The molecule has 1 aliphatic heterocycles. The van der Waals surface area contributed by atoms with E-state index >= 15 is 0 Å². The molecule has 0 spiro atoms. The highest BCUT2D eigenvalue weighted by Gasteiger charge is 2.41. The summed E-state index contributed by atoms with van der Waals surface area (Å²) in [5.74, 6) is -0.581. The van der Waals surface area contributed by atoms with Gasteiger partial charge in [-0.25, -0.2) is 4.79 Å². The molecule has 40 heavy (non-hydrogen) atoms. The number of ether oxygens (including phenoxy) is 1. The number of hydrogen-bond donors (Lipinski definition) is 2. The van der Waals surface area contributed by atoms with Gasteiger partial charge in [0.05, 0.1) is 36.6 Å². The van der Waals surface area contributed by atoms with Gasteiger partial charge in [-0.3, -0.25) is 9.59 Å². The number of hydrogen-bond acceptors (Lipinski definition) is 6. The van der Waals surface area contributed by atoms with Gasteiger partial charge >= 0.3 is 5.97 Å². The molecule has 2 aliphatic rings. The third-order valence-corrected chi connectivity index (χ3v) is 7.62. The first-order chi connectivity index (χ1) is 19.1. The van der Waals surface area contributed by atoms with Crippen LogP contribution in [0.1, 0.15) is 54.2 Å². The van der Waals surface area contributed by atoms with E-state index in [1.807, 2.05) is 53.4 Å². The summed E-state index contributed by atoms with van der Waals surface area (Å²) in [5.41, 5.74) is 5.09. The second-order valence-corrected chi connectivity index (χ2v) is 11.5. The van der Waals surface area contributed by atoms with Crippen LogP contribution in [0.2, 0.25) is 5.02 Å². The van der Waals surface area contributed by atoms with E-state index in [2.05, 4.69) is 24.5 Å². The first kappa shape index (κ1) is 27.5. The van der Waals surface area contributed by atoms with Crippen LogP contribution in [-0.4, -0.2) is 31.3 Å². The molecule has 206 valence electrons. The lowest BCUT2D eigenvalue weighted by Gasteiger charge is -2.38. The number of fused-ring (bicyclic) bond motifs is 1. The third-order valence-electron chi connectivity index (χ3n) is 7.37. The van der Waals surface area contributed by atoms with E-state index in [1.54, 1.807) is 24.3 Å². The van der Waals surface area contributed by atoms with E-state index in [-0.39, 0.29) is 23.7 Å². The fourth-order valence-corrected chi connectivity index (χ4v) is 5.63. The van der Waals surface area contributed by atoms with Gasteiger partial charge < -0.3 is 20.3 Å². The molecular weight excluding hydrogens is 526 g/mol. The molecule has 3 aromatic carbocycles. The van der Waals surface area contributed by atoms with E-state index in [0.29, 0.717) is 35.5 Å². The summed E-state index contributed by atoms with van der Waals surface area (Å²) in [6, 6.07) is 21.6. The number of nitrogens with zero attached hydrogens (tertiary/aromatic N) is 1.